The predicted molar refractivity (Wildman–Crippen MR) is 76.3 cm³/mol. The number of nitrogens with two attached hydrogens (primary N) is 1. The highest BCUT2D eigenvalue weighted by Gasteiger charge is 2.18. The van der Waals surface area contributed by atoms with Gasteiger partial charge in [0.25, 0.3) is 5.91 Å². The van der Waals surface area contributed by atoms with E-state index in [9.17, 15) is 4.79 Å². The van der Waals surface area contributed by atoms with Gasteiger partial charge in [0.05, 0.1) is 12.6 Å². The maximum absolute atomic E-state index is 12.2. The maximum atomic E-state index is 12.2. The number of carbonyl (C=O) groups is 1. The molecule has 0 spiro atoms. The van der Waals surface area contributed by atoms with Crippen LogP contribution in [0.2, 0.25) is 0 Å². The van der Waals surface area contributed by atoms with Crippen LogP contribution in [0.15, 0.2) is 18.2 Å². The van der Waals surface area contributed by atoms with Gasteiger partial charge in [0.15, 0.2) is 0 Å². The van der Waals surface area contributed by atoms with Gasteiger partial charge < -0.3 is 15.4 Å². The molecule has 0 aromatic heterocycles. The van der Waals surface area contributed by atoms with Crippen molar-refractivity contribution in [3.63, 3.8) is 0 Å². The predicted octanol–water partition coefficient (Wildman–Crippen LogP) is 2.11. The summed E-state index contributed by atoms with van der Waals surface area (Å²) in [4.78, 5) is 13.9. The van der Waals surface area contributed by atoms with Crippen LogP contribution in [0, 0.1) is 6.92 Å². The number of amides is 1. The summed E-state index contributed by atoms with van der Waals surface area (Å²) in [5.41, 5.74) is 7.89. The van der Waals surface area contributed by atoms with E-state index in [1.165, 1.54) is 0 Å². The summed E-state index contributed by atoms with van der Waals surface area (Å²) in [5.74, 6) is -0.0284. The molecule has 4 nitrogen and oxygen atoms in total. The van der Waals surface area contributed by atoms with Crippen molar-refractivity contribution < 1.29 is 9.53 Å². The van der Waals surface area contributed by atoms with E-state index in [1.807, 2.05) is 19.9 Å². The third-order valence-corrected chi connectivity index (χ3v) is 2.88. The quantitative estimate of drug-likeness (QED) is 0.854. The Hall–Kier alpha value is -1.26. The Kier molecular flexibility index (Phi) is 6.73. The van der Waals surface area contributed by atoms with Gasteiger partial charge in [-0.2, -0.15) is 0 Å². The van der Waals surface area contributed by atoms with Gasteiger partial charge in [-0.3, -0.25) is 4.79 Å². The molecule has 0 saturated heterocycles. The molecular formula is C13H21ClN2O2. The Morgan fingerprint density at radius 2 is 2.11 bits per heavy atom. The summed E-state index contributed by atoms with van der Waals surface area (Å²) in [7, 11) is 3.40. The van der Waals surface area contributed by atoms with Crippen molar-refractivity contribution in [2.75, 3.05) is 26.5 Å². The van der Waals surface area contributed by atoms with Gasteiger partial charge in [-0.15, -0.1) is 12.4 Å². The first-order chi connectivity index (χ1) is 7.97. The number of nitrogen functional groups attached to an aromatic ring is 1. The Morgan fingerprint density at radius 3 is 2.67 bits per heavy atom. The summed E-state index contributed by atoms with van der Waals surface area (Å²) >= 11 is 0. The zero-order valence-electron chi connectivity index (χ0n) is 11.3. The highest BCUT2D eigenvalue weighted by Crippen LogP contribution is 2.15. The molecule has 0 fully saturated rings. The summed E-state index contributed by atoms with van der Waals surface area (Å²) < 4.78 is 5.05. The van der Waals surface area contributed by atoms with Crippen LogP contribution < -0.4 is 5.73 Å². The summed E-state index contributed by atoms with van der Waals surface area (Å²) in [6.07, 6.45) is 0. The zero-order chi connectivity index (χ0) is 13.0. The van der Waals surface area contributed by atoms with Crippen LogP contribution in [0.5, 0.6) is 0 Å². The van der Waals surface area contributed by atoms with Crippen molar-refractivity contribution in [1.82, 2.24) is 4.90 Å². The van der Waals surface area contributed by atoms with Crippen molar-refractivity contribution in [2.24, 2.45) is 0 Å². The average molecular weight is 273 g/mol. The largest absolute Gasteiger partial charge is 0.399 e. The normalized spacial score (nSPS) is 11.6. The van der Waals surface area contributed by atoms with Gasteiger partial charge in [0.2, 0.25) is 0 Å². The van der Waals surface area contributed by atoms with Crippen LogP contribution in [0.1, 0.15) is 22.8 Å². The van der Waals surface area contributed by atoms with E-state index in [4.69, 9.17) is 10.5 Å². The summed E-state index contributed by atoms with van der Waals surface area (Å²) in [6.45, 7) is 4.37. The van der Waals surface area contributed by atoms with E-state index in [2.05, 4.69) is 0 Å². The van der Waals surface area contributed by atoms with Gasteiger partial charge >= 0.3 is 0 Å². The molecule has 2 N–H and O–H groups in total. The number of hydrogen-bond acceptors (Lipinski definition) is 3. The highest BCUT2D eigenvalue weighted by molar-refractivity contribution is 5.96. The Balaban J connectivity index is 0.00000289. The molecule has 1 aromatic rings. The summed E-state index contributed by atoms with van der Waals surface area (Å²) in [6, 6.07) is 5.41. The molecular weight excluding hydrogens is 252 g/mol. The number of aryl methyl sites for hydroxylation is 1. The van der Waals surface area contributed by atoms with Gasteiger partial charge in [-0.05, 0) is 31.5 Å². The van der Waals surface area contributed by atoms with Crippen molar-refractivity contribution in [3.8, 4) is 0 Å². The number of methoxy groups -OCH3 is 1. The zero-order valence-corrected chi connectivity index (χ0v) is 12.1. The van der Waals surface area contributed by atoms with Crippen molar-refractivity contribution in [3.05, 3.63) is 29.3 Å². The van der Waals surface area contributed by atoms with Gasteiger partial charge in [0, 0.05) is 25.4 Å². The molecule has 1 amide bonds. The first kappa shape index (κ1) is 16.7. The van der Waals surface area contributed by atoms with E-state index in [1.54, 1.807) is 31.2 Å². The van der Waals surface area contributed by atoms with Crippen LogP contribution in [0.3, 0.4) is 0 Å². The summed E-state index contributed by atoms with van der Waals surface area (Å²) in [5, 5.41) is 0. The number of benzene rings is 1. The highest BCUT2D eigenvalue weighted by atomic mass is 35.5. The van der Waals surface area contributed by atoms with Crippen LogP contribution >= 0.6 is 12.4 Å². The number of anilines is 1. The smallest absolute Gasteiger partial charge is 0.254 e. The fourth-order valence-corrected chi connectivity index (χ4v) is 1.61. The average Bonchev–Trinajstić information content (AvgIpc) is 2.30. The van der Waals surface area contributed by atoms with E-state index < -0.39 is 0 Å². The van der Waals surface area contributed by atoms with Gasteiger partial charge in [0.1, 0.15) is 0 Å². The fourth-order valence-electron chi connectivity index (χ4n) is 1.61. The second-order valence-corrected chi connectivity index (χ2v) is 4.29. The molecule has 5 heteroatoms. The number of likely N-dealkylation sites (N-methyl/N-ethyl adjacent to an activating group) is 1. The van der Waals surface area contributed by atoms with Crippen molar-refractivity contribution >= 4 is 24.0 Å². The third kappa shape index (κ3) is 3.89. The third-order valence-electron chi connectivity index (χ3n) is 2.88. The Labute approximate surface area is 115 Å². The first-order valence-corrected chi connectivity index (χ1v) is 5.59. The van der Waals surface area contributed by atoms with Crippen molar-refractivity contribution in [2.45, 2.75) is 19.9 Å². The van der Waals surface area contributed by atoms with Crippen LogP contribution in [-0.4, -0.2) is 37.6 Å². The minimum Gasteiger partial charge on any atom is -0.399 e. The molecule has 1 rings (SSSR count). The molecule has 102 valence electrons. The Bertz CT molecular complexity index is 410. The number of halogens is 1. The number of nitrogens with zero attached hydrogens (tertiary/aromatic N) is 1. The number of carbonyl (C=O) groups excluding carboxylic acids is 1. The minimum atomic E-state index is -0.0284. The number of rotatable bonds is 4. The minimum absolute atomic E-state index is 0. The van der Waals surface area contributed by atoms with E-state index >= 15 is 0 Å². The van der Waals surface area contributed by atoms with Crippen LogP contribution in [0.4, 0.5) is 5.69 Å². The molecule has 1 aromatic carbocycles. The molecule has 0 bridgehead atoms. The molecule has 0 aliphatic carbocycles. The van der Waals surface area contributed by atoms with E-state index in [-0.39, 0.29) is 24.4 Å². The maximum Gasteiger partial charge on any atom is 0.254 e. The molecule has 0 aliphatic rings. The molecule has 0 radical (unpaired) electrons. The van der Waals surface area contributed by atoms with E-state index in [0.29, 0.717) is 17.9 Å². The SMILES string of the molecule is COCC(C)N(C)C(=O)c1cc(N)ccc1C.Cl. The number of hydrogen-bond donors (Lipinski definition) is 1. The number of ether oxygens (including phenoxy) is 1. The fraction of sp³-hybridized carbons (Fsp3) is 0.462. The van der Waals surface area contributed by atoms with Crippen LogP contribution in [0.25, 0.3) is 0 Å². The molecule has 1 atom stereocenters. The topological polar surface area (TPSA) is 55.6 Å². The van der Waals surface area contributed by atoms with E-state index in [0.717, 1.165) is 5.56 Å². The monoisotopic (exact) mass is 272 g/mol. The van der Waals surface area contributed by atoms with Gasteiger partial charge in [-0.1, -0.05) is 6.07 Å². The molecule has 1 unspecified atom stereocenters. The molecule has 0 saturated carbocycles. The molecule has 0 aliphatic heterocycles. The Morgan fingerprint density at radius 1 is 1.50 bits per heavy atom. The second kappa shape index (κ2) is 7.24. The standard InChI is InChI=1S/C13H20N2O2.ClH/c1-9-5-6-11(14)7-12(9)13(16)15(3)10(2)8-17-4;/h5-7,10H,8,14H2,1-4H3;1H. The lowest BCUT2D eigenvalue weighted by Crippen LogP contribution is -2.38. The van der Waals surface area contributed by atoms with Crippen molar-refractivity contribution in [1.29, 1.82) is 0 Å². The lowest BCUT2D eigenvalue weighted by atomic mass is 10.1. The lowest BCUT2D eigenvalue weighted by Gasteiger charge is -2.25. The first-order valence-electron chi connectivity index (χ1n) is 5.59. The van der Waals surface area contributed by atoms with Crippen LogP contribution in [-0.2, 0) is 4.74 Å². The van der Waals surface area contributed by atoms with Gasteiger partial charge in [-0.25, -0.2) is 0 Å². The molecule has 18 heavy (non-hydrogen) atoms. The molecule has 0 heterocycles. The lowest BCUT2D eigenvalue weighted by molar-refractivity contribution is 0.0633. The second-order valence-electron chi connectivity index (χ2n) is 4.29.